The van der Waals surface area contributed by atoms with Gasteiger partial charge in [0.05, 0.1) is 12.3 Å². The van der Waals surface area contributed by atoms with Crippen molar-refractivity contribution in [1.29, 1.82) is 0 Å². The van der Waals surface area contributed by atoms with Crippen molar-refractivity contribution in [2.45, 2.75) is 25.5 Å². The van der Waals surface area contributed by atoms with E-state index in [1.54, 1.807) is 6.20 Å². The molecule has 1 fully saturated rings. The molecule has 1 saturated heterocycles. The number of benzene rings is 1. The monoisotopic (exact) mass is 299 g/mol. The molecule has 2 heterocycles. The SMILES string of the molecule is CN(Cc1ccccc1)c1cnnc(NCC2CCCO2)n1. The first-order valence-electron chi connectivity index (χ1n) is 7.61. The molecule has 0 radical (unpaired) electrons. The van der Waals surface area contributed by atoms with Crippen molar-refractivity contribution in [3.63, 3.8) is 0 Å². The van der Waals surface area contributed by atoms with Crippen LogP contribution in [-0.4, -0.2) is 41.5 Å². The summed E-state index contributed by atoms with van der Waals surface area (Å²) >= 11 is 0. The fourth-order valence-electron chi connectivity index (χ4n) is 2.50. The highest BCUT2D eigenvalue weighted by Crippen LogP contribution is 2.14. The van der Waals surface area contributed by atoms with E-state index in [9.17, 15) is 0 Å². The maximum Gasteiger partial charge on any atom is 0.244 e. The Morgan fingerprint density at radius 1 is 1.32 bits per heavy atom. The standard InChI is InChI=1S/C16H21N5O/c1-21(12-13-6-3-2-4-7-13)15-11-18-20-16(19-15)17-10-14-8-5-9-22-14/h2-4,6-7,11,14H,5,8-10,12H2,1H3,(H,17,19,20). The molecule has 116 valence electrons. The smallest absolute Gasteiger partial charge is 0.244 e. The molecule has 1 unspecified atom stereocenters. The molecule has 0 saturated carbocycles. The van der Waals surface area contributed by atoms with Gasteiger partial charge in [-0.2, -0.15) is 10.1 Å². The van der Waals surface area contributed by atoms with Gasteiger partial charge in [0.1, 0.15) is 0 Å². The van der Waals surface area contributed by atoms with Crippen molar-refractivity contribution in [3.05, 3.63) is 42.1 Å². The van der Waals surface area contributed by atoms with Gasteiger partial charge in [0.15, 0.2) is 5.82 Å². The van der Waals surface area contributed by atoms with E-state index in [-0.39, 0.29) is 6.10 Å². The lowest BCUT2D eigenvalue weighted by atomic mass is 10.2. The van der Waals surface area contributed by atoms with Gasteiger partial charge in [-0.1, -0.05) is 30.3 Å². The van der Waals surface area contributed by atoms with Gasteiger partial charge in [-0.05, 0) is 18.4 Å². The summed E-state index contributed by atoms with van der Waals surface area (Å²) in [6.45, 7) is 2.36. The van der Waals surface area contributed by atoms with Gasteiger partial charge in [-0.3, -0.25) is 0 Å². The Morgan fingerprint density at radius 3 is 2.95 bits per heavy atom. The van der Waals surface area contributed by atoms with Crippen LogP contribution in [0.1, 0.15) is 18.4 Å². The molecule has 0 spiro atoms. The minimum absolute atomic E-state index is 0.259. The van der Waals surface area contributed by atoms with Crippen LogP contribution in [0.4, 0.5) is 11.8 Å². The van der Waals surface area contributed by atoms with Gasteiger partial charge >= 0.3 is 0 Å². The Labute approximate surface area is 130 Å². The highest BCUT2D eigenvalue weighted by Gasteiger charge is 2.15. The van der Waals surface area contributed by atoms with Crippen molar-refractivity contribution < 1.29 is 4.74 Å². The molecule has 1 aliphatic heterocycles. The summed E-state index contributed by atoms with van der Waals surface area (Å²) in [5, 5.41) is 11.3. The molecule has 3 rings (SSSR count). The summed E-state index contributed by atoms with van der Waals surface area (Å²) in [5.74, 6) is 1.35. The van der Waals surface area contributed by atoms with Crippen LogP contribution < -0.4 is 10.2 Å². The minimum atomic E-state index is 0.259. The molecule has 1 aliphatic rings. The first-order chi connectivity index (χ1) is 10.8. The molecule has 0 amide bonds. The van der Waals surface area contributed by atoms with Crippen molar-refractivity contribution in [2.75, 3.05) is 30.4 Å². The lowest BCUT2D eigenvalue weighted by Gasteiger charge is -2.18. The molecular formula is C16H21N5O. The summed E-state index contributed by atoms with van der Waals surface area (Å²) in [5.41, 5.74) is 1.23. The first kappa shape index (κ1) is 14.7. The second kappa shape index (κ2) is 7.17. The topological polar surface area (TPSA) is 63.2 Å². The second-order valence-corrected chi connectivity index (χ2v) is 5.50. The van der Waals surface area contributed by atoms with Gasteiger partial charge in [-0.25, -0.2) is 0 Å². The number of anilines is 2. The number of ether oxygens (including phenoxy) is 1. The van der Waals surface area contributed by atoms with E-state index in [2.05, 4.69) is 37.5 Å². The van der Waals surface area contributed by atoms with E-state index in [1.165, 1.54) is 5.56 Å². The Kier molecular flexibility index (Phi) is 4.80. The van der Waals surface area contributed by atoms with E-state index in [1.807, 2.05) is 25.2 Å². The number of aromatic nitrogens is 3. The minimum Gasteiger partial charge on any atom is -0.376 e. The van der Waals surface area contributed by atoms with Crippen LogP contribution in [0.15, 0.2) is 36.5 Å². The Bertz CT molecular complexity index is 586. The van der Waals surface area contributed by atoms with Crippen LogP contribution in [-0.2, 0) is 11.3 Å². The van der Waals surface area contributed by atoms with Crippen LogP contribution in [0.5, 0.6) is 0 Å². The average molecular weight is 299 g/mol. The highest BCUT2D eigenvalue weighted by molar-refractivity contribution is 5.40. The number of hydrogen-bond donors (Lipinski definition) is 1. The van der Waals surface area contributed by atoms with Gasteiger partial charge in [0, 0.05) is 26.7 Å². The molecule has 6 nitrogen and oxygen atoms in total. The summed E-state index contributed by atoms with van der Waals surface area (Å²) in [4.78, 5) is 6.57. The molecule has 2 aromatic rings. The first-order valence-corrected chi connectivity index (χ1v) is 7.61. The van der Waals surface area contributed by atoms with Gasteiger partial charge < -0.3 is 15.0 Å². The quantitative estimate of drug-likeness (QED) is 0.881. The fourth-order valence-corrected chi connectivity index (χ4v) is 2.50. The molecule has 1 aromatic heterocycles. The molecule has 0 aliphatic carbocycles. The highest BCUT2D eigenvalue weighted by atomic mass is 16.5. The van der Waals surface area contributed by atoms with E-state index < -0.39 is 0 Å². The van der Waals surface area contributed by atoms with E-state index in [0.717, 1.165) is 38.4 Å². The van der Waals surface area contributed by atoms with Crippen LogP contribution in [0, 0.1) is 0 Å². The Morgan fingerprint density at radius 2 is 2.18 bits per heavy atom. The van der Waals surface area contributed by atoms with E-state index in [4.69, 9.17) is 4.74 Å². The summed E-state index contributed by atoms with van der Waals surface area (Å²) < 4.78 is 5.58. The second-order valence-electron chi connectivity index (χ2n) is 5.50. The number of nitrogens with one attached hydrogen (secondary N) is 1. The van der Waals surface area contributed by atoms with Crippen LogP contribution in [0.3, 0.4) is 0 Å². The van der Waals surface area contributed by atoms with Gasteiger partial charge in [0.2, 0.25) is 5.95 Å². The molecular weight excluding hydrogens is 278 g/mol. The average Bonchev–Trinajstić information content (AvgIpc) is 3.08. The molecule has 6 heteroatoms. The largest absolute Gasteiger partial charge is 0.376 e. The summed E-state index contributed by atoms with van der Waals surface area (Å²) in [6.07, 6.45) is 4.16. The maximum absolute atomic E-state index is 5.58. The summed E-state index contributed by atoms with van der Waals surface area (Å²) in [6, 6.07) is 10.3. The van der Waals surface area contributed by atoms with Crippen molar-refractivity contribution >= 4 is 11.8 Å². The third kappa shape index (κ3) is 3.92. The van der Waals surface area contributed by atoms with Crippen molar-refractivity contribution in [3.8, 4) is 0 Å². The van der Waals surface area contributed by atoms with Crippen LogP contribution in [0.25, 0.3) is 0 Å². The van der Waals surface area contributed by atoms with Crippen molar-refractivity contribution in [2.24, 2.45) is 0 Å². The van der Waals surface area contributed by atoms with E-state index in [0.29, 0.717) is 5.95 Å². The molecule has 1 N–H and O–H groups in total. The van der Waals surface area contributed by atoms with Crippen molar-refractivity contribution in [1.82, 2.24) is 15.2 Å². The molecule has 22 heavy (non-hydrogen) atoms. The Balaban J connectivity index is 1.60. The predicted octanol–water partition coefficient (Wildman–Crippen LogP) is 2.10. The zero-order valence-electron chi connectivity index (χ0n) is 12.8. The predicted molar refractivity (Wildman–Crippen MR) is 85.8 cm³/mol. The maximum atomic E-state index is 5.58. The zero-order valence-corrected chi connectivity index (χ0v) is 12.8. The number of nitrogens with zero attached hydrogens (tertiary/aromatic N) is 4. The summed E-state index contributed by atoms with van der Waals surface area (Å²) in [7, 11) is 2.00. The number of rotatable bonds is 6. The van der Waals surface area contributed by atoms with E-state index >= 15 is 0 Å². The normalized spacial score (nSPS) is 17.4. The molecule has 1 aromatic carbocycles. The molecule has 0 bridgehead atoms. The van der Waals surface area contributed by atoms with Gasteiger partial charge in [-0.15, -0.1) is 5.10 Å². The van der Waals surface area contributed by atoms with Crippen LogP contribution in [0.2, 0.25) is 0 Å². The van der Waals surface area contributed by atoms with Crippen LogP contribution >= 0.6 is 0 Å². The lowest BCUT2D eigenvalue weighted by molar-refractivity contribution is 0.120. The third-order valence-electron chi connectivity index (χ3n) is 3.71. The third-order valence-corrected chi connectivity index (χ3v) is 3.71. The zero-order chi connectivity index (χ0) is 15.2. The Hall–Kier alpha value is -2.21. The number of hydrogen-bond acceptors (Lipinski definition) is 6. The fraction of sp³-hybridized carbons (Fsp3) is 0.438. The van der Waals surface area contributed by atoms with Gasteiger partial charge in [0.25, 0.3) is 0 Å². The molecule has 1 atom stereocenters. The lowest BCUT2D eigenvalue weighted by Crippen LogP contribution is -2.22.